The second-order valence-electron chi connectivity index (χ2n) is 18.7. The SMILES string of the molecule is O=C1CCC(N2C(=O)c3ccc(OCCCCCN4CCN(c5ccc(C(=O)N6CCC[C@@H](Cc7ncnc8[nH]cc(C(=O)c9ccc(Oc%10ccccc%10)cc9Cl)c78)C6)cn5)CC4)cc3C2=O)C(=O)C1. The van der Waals surface area contributed by atoms with Gasteiger partial charge in [0.15, 0.2) is 11.6 Å². The molecule has 1 unspecified atom stereocenters. The van der Waals surface area contributed by atoms with E-state index in [1.165, 1.54) is 6.33 Å². The number of pyridine rings is 1. The molecule has 3 fully saturated rings. The van der Waals surface area contributed by atoms with Crippen molar-refractivity contribution >= 4 is 63.5 Å². The number of hydrogen-bond acceptors (Lipinski definition) is 13. The number of likely N-dealkylation sites (tertiary alicyclic amines) is 1. The van der Waals surface area contributed by atoms with Crippen LogP contribution < -0.4 is 14.4 Å². The molecule has 0 radical (unpaired) electrons. The second-order valence-corrected chi connectivity index (χ2v) is 19.1. The first kappa shape index (κ1) is 47.4. The Morgan fingerprint density at radius 3 is 2.38 bits per heavy atom. The number of ether oxygens (including phenoxy) is 2. The number of imide groups is 1. The zero-order valence-corrected chi connectivity index (χ0v) is 39.9. The fourth-order valence-corrected chi connectivity index (χ4v) is 10.5. The molecule has 17 heteroatoms. The van der Waals surface area contributed by atoms with Crippen LogP contribution in [-0.2, 0) is 16.0 Å². The molecule has 3 aromatic carbocycles. The third-order valence-corrected chi connectivity index (χ3v) is 14.3. The van der Waals surface area contributed by atoms with Crippen molar-refractivity contribution in [3.05, 3.63) is 136 Å². The van der Waals surface area contributed by atoms with Crippen molar-refractivity contribution < 1.29 is 38.2 Å². The molecule has 71 heavy (non-hydrogen) atoms. The fourth-order valence-electron chi connectivity index (χ4n) is 10.2. The largest absolute Gasteiger partial charge is 0.494 e. The summed E-state index contributed by atoms with van der Waals surface area (Å²) >= 11 is 6.66. The van der Waals surface area contributed by atoms with E-state index in [9.17, 15) is 28.8 Å². The summed E-state index contributed by atoms with van der Waals surface area (Å²) in [6.07, 6.45) is 10.1. The smallest absolute Gasteiger partial charge is 0.262 e. The number of ketones is 3. The average Bonchev–Trinajstić information content (AvgIpc) is 3.93. The van der Waals surface area contributed by atoms with E-state index in [0.29, 0.717) is 71.1 Å². The number of H-pyrrole nitrogens is 1. The maximum absolute atomic E-state index is 14.0. The molecular formula is C54H53ClN8O8. The molecule has 3 amide bonds. The minimum atomic E-state index is -0.895. The van der Waals surface area contributed by atoms with Gasteiger partial charge in [0, 0.05) is 69.7 Å². The molecule has 0 spiro atoms. The van der Waals surface area contributed by atoms with Crippen LogP contribution >= 0.6 is 11.6 Å². The van der Waals surface area contributed by atoms with E-state index in [1.807, 2.05) is 47.4 Å². The van der Waals surface area contributed by atoms with Gasteiger partial charge < -0.3 is 24.3 Å². The van der Waals surface area contributed by atoms with Crippen molar-refractivity contribution in [1.82, 2.24) is 34.6 Å². The van der Waals surface area contributed by atoms with Gasteiger partial charge in [-0.15, -0.1) is 0 Å². The third kappa shape index (κ3) is 10.3. The molecule has 16 nitrogen and oxygen atoms in total. The molecule has 3 aromatic heterocycles. The lowest BCUT2D eigenvalue weighted by atomic mass is 9.91. The number of benzene rings is 3. The molecule has 0 bridgehead atoms. The number of rotatable bonds is 16. The number of carbonyl (C=O) groups excluding carboxylic acids is 6. The molecule has 2 atom stereocenters. The summed E-state index contributed by atoms with van der Waals surface area (Å²) in [7, 11) is 0. The molecular weight excluding hydrogens is 924 g/mol. The first-order valence-electron chi connectivity index (χ1n) is 24.4. The Labute approximate surface area is 415 Å². The van der Waals surface area contributed by atoms with Crippen molar-refractivity contribution in [1.29, 1.82) is 0 Å². The Hall–Kier alpha value is -7.30. The standard InChI is InChI=1S/C54H53ClN8O8/c55-44-29-39(71-37-9-3-1-4-10-37)14-16-41(44)50(66)43-31-57-51-49(43)45(58-33-59-51)26-34-8-7-20-62(32-34)52(67)35-11-18-48(56-30-35)61-23-21-60(22-24-61)19-5-2-6-25-70-38-13-15-40-42(28-38)54(69)63(53(40)68)46-17-12-36(64)27-47(46)65/h1,3-4,9-11,13-16,18,28-31,33-34,46H,2,5-8,12,17,19-27,32H2,(H,57,58,59)/t34-,46?/m0/s1. The number of carbonyl (C=O) groups is 6. The Bertz CT molecular complexity index is 3010. The number of hydrogen-bond donors (Lipinski definition) is 1. The van der Waals surface area contributed by atoms with Crippen molar-refractivity contribution in [3.8, 4) is 17.2 Å². The van der Waals surface area contributed by atoms with Gasteiger partial charge in [0.05, 0.1) is 57.4 Å². The van der Waals surface area contributed by atoms with Crippen LogP contribution in [0.25, 0.3) is 11.0 Å². The number of para-hydroxylation sites is 1. The van der Waals surface area contributed by atoms with Crippen molar-refractivity contribution in [2.45, 2.75) is 63.8 Å². The van der Waals surface area contributed by atoms with Crippen molar-refractivity contribution in [2.24, 2.45) is 5.92 Å². The number of halogens is 1. The third-order valence-electron chi connectivity index (χ3n) is 14.0. The van der Waals surface area contributed by atoms with E-state index < -0.39 is 17.9 Å². The number of Topliss-reactive ketones (excluding diaryl/α,β-unsaturated/α-hetero) is 2. The summed E-state index contributed by atoms with van der Waals surface area (Å²) in [6, 6.07) is 22.1. The Balaban J connectivity index is 0.663. The van der Waals surface area contributed by atoms with E-state index >= 15 is 0 Å². The lowest BCUT2D eigenvalue weighted by Gasteiger charge is -2.35. The molecule has 6 heterocycles. The van der Waals surface area contributed by atoms with E-state index in [0.717, 1.165) is 81.2 Å². The lowest BCUT2D eigenvalue weighted by Crippen LogP contribution is -2.47. The number of fused-ring (bicyclic) bond motifs is 2. The molecule has 6 aromatic rings. The number of unbranched alkanes of at least 4 members (excludes halogenated alkanes) is 2. The highest BCUT2D eigenvalue weighted by Crippen LogP contribution is 2.34. The Kier molecular flexibility index (Phi) is 14.0. The summed E-state index contributed by atoms with van der Waals surface area (Å²) in [5.41, 5.74) is 3.12. The van der Waals surface area contributed by atoms with E-state index in [-0.39, 0.29) is 64.6 Å². The van der Waals surface area contributed by atoms with Gasteiger partial charge in [-0.2, -0.15) is 0 Å². The highest BCUT2D eigenvalue weighted by molar-refractivity contribution is 6.35. The minimum absolute atomic E-state index is 0.0528. The van der Waals surface area contributed by atoms with Crippen LogP contribution in [0, 0.1) is 5.92 Å². The van der Waals surface area contributed by atoms with Crippen LogP contribution in [0.5, 0.6) is 17.2 Å². The number of anilines is 1. The topological polar surface area (TPSA) is 188 Å². The van der Waals surface area contributed by atoms with E-state index in [2.05, 4.69) is 24.8 Å². The number of nitrogens with one attached hydrogen (secondary N) is 1. The van der Waals surface area contributed by atoms with Crippen LogP contribution in [0.15, 0.2) is 97.6 Å². The van der Waals surface area contributed by atoms with Crippen LogP contribution in [0.2, 0.25) is 5.02 Å². The predicted octanol–water partition coefficient (Wildman–Crippen LogP) is 7.78. The van der Waals surface area contributed by atoms with Gasteiger partial charge in [-0.25, -0.2) is 15.0 Å². The van der Waals surface area contributed by atoms with Crippen LogP contribution in [-0.4, -0.2) is 128 Å². The average molecular weight is 978 g/mol. The van der Waals surface area contributed by atoms with Gasteiger partial charge in [-0.3, -0.25) is 38.6 Å². The van der Waals surface area contributed by atoms with Gasteiger partial charge in [0.25, 0.3) is 17.7 Å². The molecule has 4 aliphatic rings. The predicted molar refractivity (Wildman–Crippen MR) is 264 cm³/mol. The first-order chi connectivity index (χ1) is 34.6. The molecule has 1 aliphatic carbocycles. The summed E-state index contributed by atoms with van der Waals surface area (Å²) < 4.78 is 11.9. The number of piperidine rings is 1. The highest BCUT2D eigenvalue weighted by Gasteiger charge is 2.44. The lowest BCUT2D eigenvalue weighted by molar-refractivity contribution is -0.132. The van der Waals surface area contributed by atoms with Gasteiger partial charge in [0.2, 0.25) is 0 Å². The minimum Gasteiger partial charge on any atom is -0.494 e. The number of piperazine rings is 1. The molecule has 10 rings (SSSR count). The number of aromatic nitrogens is 4. The number of amides is 3. The van der Waals surface area contributed by atoms with E-state index in [4.69, 9.17) is 26.1 Å². The van der Waals surface area contributed by atoms with Gasteiger partial charge in [0.1, 0.15) is 40.8 Å². The maximum atomic E-state index is 14.0. The summed E-state index contributed by atoms with van der Waals surface area (Å²) in [4.78, 5) is 103. The Morgan fingerprint density at radius 1 is 0.775 bits per heavy atom. The number of aromatic amines is 1. The normalized spacial score (nSPS) is 18.6. The first-order valence-corrected chi connectivity index (χ1v) is 24.8. The van der Waals surface area contributed by atoms with Crippen molar-refractivity contribution in [2.75, 3.05) is 57.3 Å². The summed E-state index contributed by atoms with van der Waals surface area (Å²) in [6.45, 7) is 6.09. The monoisotopic (exact) mass is 976 g/mol. The van der Waals surface area contributed by atoms with Gasteiger partial charge in [-0.05, 0) is 112 Å². The molecule has 2 saturated heterocycles. The second kappa shape index (κ2) is 21.0. The molecule has 3 aliphatic heterocycles. The molecule has 1 saturated carbocycles. The van der Waals surface area contributed by atoms with Crippen molar-refractivity contribution in [3.63, 3.8) is 0 Å². The van der Waals surface area contributed by atoms with E-state index in [1.54, 1.807) is 48.8 Å². The summed E-state index contributed by atoms with van der Waals surface area (Å²) in [5.74, 6) is 0.788. The summed E-state index contributed by atoms with van der Waals surface area (Å²) in [5, 5.41) is 0.930. The van der Waals surface area contributed by atoms with Gasteiger partial charge >= 0.3 is 0 Å². The van der Waals surface area contributed by atoms with Crippen LogP contribution in [0.1, 0.15) is 104 Å². The van der Waals surface area contributed by atoms with Crippen LogP contribution in [0.3, 0.4) is 0 Å². The highest BCUT2D eigenvalue weighted by atomic mass is 35.5. The zero-order chi connectivity index (χ0) is 49.0. The molecule has 1 N–H and O–H groups in total. The molecule has 364 valence electrons. The quantitative estimate of drug-likeness (QED) is 0.0429. The Morgan fingerprint density at radius 2 is 1.59 bits per heavy atom. The zero-order valence-electron chi connectivity index (χ0n) is 39.2. The van der Waals surface area contributed by atoms with Crippen LogP contribution in [0.4, 0.5) is 5.82 Å². The fraction of sp³-hybridized carbons (Fsp3) is 0.352. The maximum Gasteiger partial charge on any atom is 0.262 e. The van der Waals surface area contributed by atoms with Gasteiger partial charge in [-0.1, -0.05) is 29.8 Å². The number of nitrogens with zero attached hydrogens (tertiary/aromatic N) is 7.